The Balaban J connectivity index is 1.84. The molecule has 0 unspecified atom stereocenters. The molecule has 0 aliphatic heterocycles. The van der Waals surface area contributed by atoms with Gasteiger partial charge in [0, 0.05) is 11.6 Å². The predicted octanol–water partition coefficient (Wildman–Crippen LogP) is 3.59. The molecular weight excluding hydrogens is 437 g/mol. The number of halogens is 2. The Morgan fingerprint density at radius 3 is 2.42 bits per heavy atom. The first-order valence-corrected chi connectivity index (χ1v) is 8.67. The third-order valence-electron chi connectivity index (χ3n) is 3.83. The lowest BCUT2D eigenvalue weighted by Crippen LogP contribution is -2.30. The molecule has 0 saturated heterocycles. The van der Waals surface area contributed by atoms with Gasteiger partial charge in [-0.3, -0.25) is 35.9 Å². The Hall–Kier alpha value is -4.39. The van der Waals surface area contributed by atoms with Crippen LogP contribution < -0.4 is 16.2 Å². The van der Waals surface area contributed by atoms with Crippen molar-refractivity contribution < 1.29 is 19.0 Å². The number of nitro benzene ring substituents is 1. The molecule has 0 saturated carbocycles. The molecule has 3 N–H and O–H groups in total. The van der Waals surface area contributed by atoms with Gasteiger partial charge in [0.25, 0.3) is 11.6 Å². The van der Waals surface area contributed by atoms with E-state index in [0.717, 1.165) is 24.5 Å². The van der Waals surface area contributed by atoms with Crippen molar-refractivity contribution in [3.63, 3.8) is 0 Å². The minimum absolute atomic E-state index is 0.0623. The van der Waals surface area contributed by atoms with E-state index in [2.05, 4.69) is 26.1 Å². The number of nitrogens with one attached hydrogen (secondary N) is 3. The van der Waals surface area contributed by atoms with E-state index in [0.29, 0.717) is 0 Å². The summed E-state index contributed by atoms with van der Waals surface area (Å²) in [5, 5.41) is 24.8. The van der Waals surface area contributed by atoms with E-state index in [1.165, 1.54) is 24.3 Å². The molecule has 31 heavy (non-hydrogen) atoms. The van der Waals surface area contributed by atoms with E-state index in [1.54, 1.807) is 0 Å². The zero-order chi connectivity index (χ0) is 22.5. The lowest BCUT2D eigenvalue weighted by molar-refractivity contribution is -0.384. The van der Waals surface area contributed by atoms with Crippen LogP contribution in [-0.4, -0.2) is 25.7 Å². The van der Waals surface area contributed by atoms with Crippen LogP contribution in [0.3, 0.4) is 0 Å². The molecule has 0 aliphatic carbocycles. The number of para-hydroxylation sites is 1. The van der Waals surface area contributed by atoms with Crippen LogP contribution in [0.2, 0.25) is 5.02 Å². The van der Waals surface area contributed by atoms with Gasteiger partial charge in [-0.25, -0.2) is 14.4 Å². The summed E-state index contributed by atoms with van der Waals surface area (Å²) in [6.07, 6.45) is 0.956. The topological polar surface area (TPSA) is 165 Å². The maximum atomic E-state index is 13.9. The predicted molar refractivity (Wildman–Crippen MR) is 108 cm³/mol. The molecule has 0 atom stereocenters. The van der Waals surface area contributed by atoms with Crippen LogP contribution in [0, 0.1) is 26.0 Å². The normalized spacial score (nSPS) is 10.3. The van der Waals surface area contributed by atoms with Crippen LogP contribution in [-0.2, 0) is 0 Å². The van der Waals surface area contributed by atoms with E-state index < -0.39 is 38.8 Å². The molecule has 12 nitrogen and oxygen atoms in total. The fraction of sp³-hybridized carbons (Fsp3) is 0. The van der Waals surface area contributed by atoms with Crippen LogP contribution in [0.1, 0.15) is 10.4 Å². The van der Waals surface area contributed by atoms with Gasteiger partial charge in [-0.2, -0.15) is 0 Å². The van der Waals surface area contributed by atoms with E-state index in [9.17, 15) is 29.4 Å². The SMILES string of the molecule is O=C(NNc1ncnc(Nc2ccccc2F)c1[N+](=O)[O-])c1ccc(Cl)c([N+](=O)[O-])c1. The number of anilines is 3. The zero-order valence-corrected chi connectivity index (χ0v) is 16.0. The summed E-state index contributed by atoms with van der Waals surface area (Å²) in [5.41, 5.74) is 3.06. The minimum atomic E-state index is -0.851. The van der Waals surface area contributed by atoms with Crippen LogP contribution in [0.25, 0.3) is 0 Å². The summed E-state index contributed by atoms with van der Waals surface area (Å²) >= 11 is 5.70. The maximum absolute atomic E-state index is 13.9. The molecule has 1 aromatic heterocycles. The van der Waals surface area contributed by atoms with Crippen molar-refractivity contribution >= 4 is 46.2 Å². The fourth-order valence-electron chi connectivity index (χ4n) is 2.41. The molecule has 14 heteroatoms. The number of amides is 1. The number of hydrazine groups is 1. The van der Waals surface area contributed by atoms with Crippen molar-refractivity contribution in [1.29, 1.82) is 0 Å². The van der Waals surface area contributed by atoms with E-state index in [1.807, 2.05) is 0 Å². The highest BCUT2D eigenvalue weighted by Crippen LogP contribution is 2.31. The molecule has 0 bridgehead atoms. The van der Waals surface area contributed by atoms with Gasteiger partial charge in [-0.05, 0) is 24.3 Å². The number of aromatic nitrogens is 2. The van der Waals surface area contributed by atoms with Crippen molar-refractivity contribution in [2.45, 2.75) is 0 Å². The number of hydrogen-bond acceptors (Lipinski definition) is 9. The Kier molecular flexibility index (Phi) is 6.16. The monoisotopic (exact) mass is 447 g/mol. The highest BCUT2D eigenvalue weighted by atomic mass is 35.5. The largest absolute Gasteiger partial charge is 0.355 e. The molecule has 158 valence electrons. The molecule has 0 radical (unpaired) electrons. The fourth-order valence-corrected chi connectivity index (χ4v) is 2.59. The molecule has 3 aromatic rings. The van der Waals surface area contributed by atoms with E-state index >= 15 is 0 Å². The van der Waals surface area contributed by atoms with Gasteiger partial charge in [0.2, 0.25) is 11.6 Å². The number of hydrogen-bond donors (Lipinski definition) is 3. The Bertz CT molecular complexity index is 1190. The molecule has 0 fully saturated rings. The number of carbonyl (C=O) groups is 1. The number of carbonyl (C=O) groups excluding carboxylic acids is 1. The average molecular weight is 448 g/mol. The van der Waals surface area contributed by atoms with E-state index in [4.69, 9.17) is 11.6 Å². The Labute approximate surface area is 177 Å². The van der Waals surface area contributed by atoms with Crippen molar-refractivity contribution in [2.75, 3.05) is 10.7 Å². The van der Waals surface area contributed by atoms with Crippen LogP contribution in [0.5, 0.6) is 0 Å². The quantitative estimate of drug-likeness (QED) is 0.362. The van der Waals surface area contributed by atoms with Gasteiger partial charge in [-0.1, -0.05) is 23.7 Å². The zero-order valence-electron chi connectivity index (χ0n) is 15.2. The number of benzene rings is 2. The third-order valence-corrected chi connectivity index (χ3v) is 4.15. The molecule has 2 aromatic carbocycles. The van der Waals surface area contributed by atoms with Gasteiger partial charge < -0.3 is 5.32 Å². The lowest BCUT2D eigenvalue weighted by Gasteiger charge is -2.11. The first-order valence-electron chi connectivity index (χ1n) is 8.29. The molecule has 1 amide bonds. The number of rotatable bonds is 7. The van der Waals surface area contributed by atoms with Crippen molar-refractivity contribution in [3.05, 3.63) is 85.4 Å². The third kappa shape index (κ3) is 4.79. The molecule has 1 heterocycles. The highest BCUT2D eigenvalue weighted by Gasteiger charge is 2.24. The van der Waals surface area contributed by atoms with Gasteiger partial charge >= 0.3 is 5.69 Å². The van der Waals surface area contributed by atoms with Gasteiger partial charge in [0.05, 0.1) is 15.5 Å². The lowest BCUT2D eigenvalue weighted by atomic mass is 10.2. The Morgan fingerprint density at radius 2 is 1.74 bits per heavy atom. The van der Waals surface area contributed by atoms with Gasteiger partial charge in [0.1, 0.15) is 17.2 Å². The van der Waals surface area contributed by atoms with Gasteiger partial charge in [-0.15, -0.1) is 0 Å². The summed E-state index contributed by atoms with van der Waals surface area (Å²) < 4.78 is 13.9. The summed E-state index contributed by atoms with van der Waals surface area (Å²) in [6.45, 7) is 0. The standard InChI is InChI=1S/C17H11ClFN7O5/c18-10-6-5-9(7-13(10)25(28)29)17(27)24-23-16-14(26(30)31)15(20-8-21-16)22-12-4-2-1-3-11(12)19/h1-8H,(H,24,27)(H2,20,21,22,23). The molecular formula is C17H11ClFN7O5. The Morgan fingerprint density at radius 1 is 1.03 bits per heavy atom. The van der Waals surface area contributed by atoms with Crippen molar-refractivity contribution in [3.8, 4) is 0 Å². The first kappa shape index (κ1) is 21.3. The van der Waals surface area contributed by atoms with Crippen LogP contribution in [0.4, 0.5) is 33.1 Å². The molecule has 0 spiro atoms. The summed E-state index contributed by atoms with van der Waals surface area (Å²) in [5.74, 6) is -2.25. The summed E-state index contributed by atoms with van der Waals surface area (Å²) in [4.78, 5) is 40.7. The second kappa shape index (κ2) is 8.96. The van der Waals surface area contributed by atoms with E-state index in [-0.39, 0.29) is 22.1 Å². The summed E-state index contributed by atoms with van der Waals surface area (Å²) in [6, 6.07) is 8.80. The maximum Gasteiger partial charge on any atom is 0.355 e. The second-order valence-corrected chi connectivity index (χ2v) is 6.19. The van der Waals surface area contributed by atoms with Crippen LogP contribution in [0.15, 0.2) is 48.8 Å². The van der Waals surface area contributed by atoms with Crippen LogP contribution >= 0.6 is 11.6 Å². The first-order chi connectivity index (χ1) is 14.8. The molecule has 0 aliphatic rings. The summed E-state index contributed by atoms with van der Waals surface area (Å²) in [7, 11) is 0. The van der Waals surface area contributed by atoms with Crippen molar-refractivity contribution in [1.82, 2.24) is 15.4 Å². The number of nitrogens with zero attached hydrogens (tertiary/aromatic N) is 4. The van der Waals surface area contributed by atoms with Crippen molar-refractivity contribution in [2.24, 2.45) is 0 Å². The average Bonchev–Trinajstić information content (AvgIpc) is 2.73. The minimum Gasteiger partial charge on any atom is -0.332 e. The van der Waals surface area contributed by atoms with Gasteiger partial charge in [0.15, 0.2) is 0 Å². The molecule has 3 rings (SSSR count). The number of nitro groups is 2. The smallest absolute Gasteiger partial charge is 0.332 e. The highest BCUT2D eigenvalue weighted by molar-refractivity contribution is 6.32. The second-order valence-electron chi connectivity index (χ2n) is 5.78.